The second kappa shape index (κ2) is 7.90. The molecule has 1 atom stereocenters. The fraction of sp³-hybridized carbons (Fsp3) is 0.320. The fourth-order valence-electron chi connectivity index (χ4n) is 4.78. The van der Waals surface area contributed by atoms with Crippen LogP contribution in [0.4, 0.5) is 4.39 Å². The average molecular weight is 445 g/mol. The summed E-state index contributed by atoms with van der Waals surface area (Å²) in [6, 6.07) is 11.1. The predicted octanol–water partition coefficient (Wildman–Crippen LogP) is 3.80. The highest BCUT2D eigenvalue weighted by atomic mass is 19.1. The highest BCUT2D eigenvalue weighted by molar-refractivity contribution is 5.74. The van der Waals surface area contributed by atoms with Gasteiger partial charge < -0.3 is 14.2 Å². The summed E-state index contributed by atoms with van der Waals surface area (Å²) in [5.74, 6) is 0.0632. The van der Waals surface area contributed by atoms with E-state index in [9.17, 15) is 9.50 Å². The van der Waals surface area contributed by atoms with Gasteiger partial charge in [0.25, 0.3) is 0 Å². The topological polar surface area (TPSA) is 75.8 Å². The number of nitrogens with zero attached hydrogens (tertiary/aromatic N) is 5. The summed E-state index contributed by atoms with van der Waals surface area (Å²) < 4.78 is 21.6. The van der Waals surface area contributed by atoms with Crippen LogP contribution in [0.3, 0.4) is 0 Å². The fourth-order valence-corrected chi connectivity index (χ4v) is 4.78. The summed E-state index contributed by atoms with van der Waals surface area (Å²) in [5.41, 5.74) is 4.57. The van der Waals surface area contributed by atoms with Crippen LogP contribution in [0.25, 0.3) is 28.0 Å². The Morgan fingerprint density at radius 1 is 1.06 bits per heavy atom. The minimum atomic E-state index is -0.402. The van der Waals surface area contributed by atoms with Gasteiger partial charge in [0.2, 0.25) is 0 Å². The van der Waals surface area contributed by atoms with Crippen LogP contribution < -0.4 is 0 Å². The van der Waals surface area contributed by atoms with E-state index in [1.54, 1.807) is 28.9 Å². The van der Waals surface area contributed by atoms with Crippen molar-refractivity contribution >= 4 is 5.65 Å². The quantitative estimate of drug-likeness (QED) is 0.515. The van der Waals surface area contributed by atoms with Gasteiger partial charge in [-0.15, -0.1) is 0 Å². The molecule has 0 spiro atoms. The summed E-state index contributed by atoms with van der Waals surface area (Å²) in [7, 11) is 0. The highest BCUT2D eigenvalue weighted by Crippen LogP contribution is 2.34. The number of fused-ring (bicyclic) bond motifs is 1. The van der Waals surface area contributed by atoms with E-state index in [1.165, 1.54) is 6.07 Å². The Hall–Kier alpha value is -3.36. The maximum Gasteiger partial charge on any atom is 0.173 e. The van der Waals surface area contributed by atoms with Crippen LogP contribution in [0.15, 0.2) is 48.8 Å². The first-order valence-electron chi connectivity index (χ1n) is 11.2. The summed E-state index contributed by atoms with van der Waals surface area (Å²) in [6.07, 6.45) is 4.69. The third-order valence-electron chi connectivity index (χ3n) is 6.67. The van der Waals surface area contributed by atoms with Crippen molar-refractivity contribution in [2.75, 3.05) is 26.3 Å². The molecule has 0 aliphatic carbocycles. The molecule has 168 valence electrons. The Labute approximate surface area is 190 Å². The molecule has 3 aromatic heterocycles. The zero-order valence-corrected chi connectivity index (χ0v) is 18.3. The van der Waals surface area contributed by atoms with Crippen molar-refractivity contribution in [3.8, 4) is 28.1 Å². The first kappa shape index (κ1) is 20.3. The molecule has 5 heterocycles. The number of pyridine rings is 1. The van der Waals surface area contributed by atoms with Gasteiger partial charge in [-0.05, 0) is 49.2 Å². The standard InChI is InChI=1S/C25H24FN5O2/c1-15-10-31-11-17(8-21(26)25(31)27-15)16-2-3-20(24(32)9-16)23-5-4-22(28-29-23)18-12-30(13-18)19-6-7-33-14-19/h2-5,8-11,18-19,32H,6-7,12-14H2,1H3. The van der Waals surface area contributed by atoms with Gasteiger partial charge in [-0.25, -0.2) is 9.37 Å². The van der Waals surface area contributed by atoms with Gasteiger partial charge in [0.15, 0.2) is 11.5 Å². The molecule has 0 radical (unpaired) electrons. The van der Waals surface area contributed by atoms with Gasteiger partial charge in [0.05, 0.1) is 23.7 Å². The first-order valence-corrected chi connectivity index (χ1v) is 11.2. The van der Waals surface area contributed by atoms with Crippen molar-refractivity contribution in [3.05, 3.63) is 66.0 Å². The minimum absolute atomic E-state index is 0.0768. The number of phenolic OH excluding ortho intramolecular Hbond substituents is 1. The van der Waals surface area contributed by atoms with Crippen molar-refractivity contribution in [2.45, 2.75) is 25.3 Å². The van der Waals surface area contributed by atoms with E-state index in [0.29, 0.717) is 40.0 Å². The molecule has 4 aromatic rings. The number of imidazole rings is 1. The molecule has 7 nitrogen and oxygen atoms in total. The molecule has 0 amide bonds. The van der Waals surface area contributed by atoms with Gasteiger partial charge >= 0.3 is 0 Å². The second-order valence-electron chi connectivity index (χ2n) is 8.93. The molecule has 2 aliphatic rings. The van der Waals surface area contributed by atoms with Gasteiger partial charge in [-0.1, -0.05) is 6.07 Å². The van der Waals surface area contributed by atoms with E-state index < -0.39 is 5.82 Å². The lowest BCUT2D eigenvalue weighted by Crippen LogP contribution is -2.51. The Morgan fingerprint density at radius 3 is 2.67 bits per heavy atom. The number of ether oxygens (including phenoxy) is 1. The Kier molecular flexibility index (Phi) is 4.85. The summed E-state index contributed by atoms with van der Waals surface area (Å²) >= 11 is 0. The van der Waals surface area contributed by atoms with Crippen LogP contribution in [0.2, 0.25) is 0 Å². The number of phenols is 1. The lowest BCUT2D eigenvalue weighted by atomic mass is 9.93. The molecule has 6 rings (SSSR count). The van der Waals surface area contributed by atoms with Crippen LogP contribution in [-0.2, 0) is 4.74 Å². The largest absolute Gasteiger partial charge is 0.507 e. The average Bonchev–Trinajstić information content (AvgIpc) is 3.43. The smallest absolute Gasteiger partial charge is 0.173 e. The molecule has 33 heavy (non-hydrogen) atoms. The molecule has 2 fully saturated rings. The molecule has 8 heteroatoms. The van der Waals surface area contributed by atoms with Crippen molar-refractivity contribution in [2.24, 2.45) is 0 Å². The number of likely N-dealkylation sites (tertiary alicyclic amines) is 1. The summed E-state index contributed by atoms with van der Waals surface area (Å²) in [5, 5.41) is 19.5. The van der Waals surface area contributed by atoms with E-state index >= 15 is 0 Å². The maximum absolute atomic E-state index is 14.5. The van der Waals surface area contributed by atoms with Gasteiger partial charge in [0, 0.05) is 55.2 Å². The predicted molar refractivity (Wildman–Crippen MR) is 122 cm³/mol. The van der Waals surface area contributed by atoms with E-state index in [-0.39, 0.29) is 5.75 Å². The minimum Gasteiger partial charge on any atom is -0.507 e. The maximum atomic E-state index is 14.5. The molecule has 2 saturated heterocycles. The summed E-state index contributed by atoms with van der Waals surface area (Å²) in [4.78, 5) is 6.64. The van der Waals surface area contributed by atoms with Crippen LogP contribution in [0.5, 0.6) is 5.75 Å². The number of aromatic nitrogens is 4. The number of benzene rings is 1. The number of hydrogen-bond acceptors (Lipinski definition) is 6. The van der Waals surface area contributed by atoms with Gasteiger partial charge in [-0.2, -0.15) is 10.2 Å². The molecule has 0 bridgehead atoms. The first-order chi connectivity index (χ1) is 16.0. The van der Waals surface area contributed by atoms with Gasteiger partial charge in [0.1, 0.15) is 5.75 Å². The van der Waals surface area contributed by atoms with Crippen LogP contribution in [0, 0.1) is 12.7 Å². The van der Waals surface area contributed by atoms with E-state index in [4.69, 9.17) is 4.74 Å². The monoisotopic (exact) mass is 445 g/mol. The number of halogens is 1. The molecule has 1 unspecified atom stereocenters. The number of hydrogen-bond donors (Lipinski definition) is 1. The molecular weight excluding hydrogens is 421 g/mol. The van der Waals surface area contributed by atoms with Crippen molar-refractivity contribution < 1.29 is 14.2 Å². The Morgan fingerprint density at radius 2 is 1.94 bits per heavy atom. The number of aromatic hydroxyl groups is 1. The summed E-state index contributed by atoms with van der Waals surface area (Å²) in [6.45, 7) is 5.48. The lowest BCUT2D eigenvalue weighted by molar-refractivity contribution is 0.0758. The highest BCUT2D eigenvalue weighted by Gasteiger charge is 2.35. The van der Waals surface area contributed by atoms with E-state index in [0.717, 1.165) is 44.1 Å². The van der Waals surface area contributed by atoms with Crippen LogP contribution >= 0.6 is 0 Å². The second-order valence-corrected chi connectivity index (χ2v) is 8.93. The van der Waals surface area contributed by atoms with E-state index in [2.05, 4.69) is 20.1 Å². The molecule has 1 N–H and O–H groups in total. The molecule has 0 saturated carbocycles. The van der Waals surface area contributed by atoms with Crippen LogP contribution in [0.1, 0.15) is 23.7 Å². The van der Waals surface area contributed by atoms with Crippen LogP contribution in [-0.4, -0.2) is 61.9 Å². The molecule has 1 aromatic carbocycles. The molecular formula is C25H24FN5O2. The number of aryl methyl sites for hydroxylation is 1. The zero-order chi connectivity index (χ0) is 22.5. The third-order valence-corrected chi connectivity index (χ3v) is 6.67. The van der Waals surface area contributed by atoms with Crippen molar-refractivity contribution in [1.29, 1.82) is 0 Å². The Bertz CT molecular complexity index is 1320. The normalized spacial score (nSPS) is 19.3. The lowest BCUT2D eigenvalue weighted by Gasteiger charge is -2.42. The SMILES string of the molecule is Cc1cn2cc(-c3ccc(-c4ccc(C5CN(C6CCOC6)C5)nn4)c(O)c3)cc(F)c2n1. The van der Waals surface area contributed by atoms with E-state index in [1.807, 2.05) is 25.1 Å². The Balaban J connectivity index is 1.21. The third kappa shape index (κ3) is 3.65. The van der Waals surface area contributed by atoms with Crippen molar-refractivity contribution in [3.63, 3.8) is 0 Å². The zero-order valence-electron chi connectivity index (χ0n) is 18.3. The molecule has 2 aliphatic heterocycles. The number of rotatable bonds is 4. The van der Waals surface area contributed by atoms with Crippen molar-refractivity contribution in [1.82, 2.24) is 24.5 Å². The van der Waals surface area contributed by atoms with Gasteiger partial charge in [-0.3, -0.25) is 4.90 Å².